The van der Waals surface area contributed by atoms with Gasteiger partial charge in [0, 0.05) is 24.5 Å². The van der Waals surface area contributed by atoms with Crippen molar-refractivity contribution in [2.45, 2.75) is 31.9 Å². The summed E-state index contributed by atoms with van der Waals surface area (Å²) >= 11 is 1.50. The van der Waals surface area contributed by atoms with Gasteiger partial charge in [0.05, 0.1) is 24.1 Å². The highest BCUT2D eigenvalue weighted by atomic mass is 35.5. The molecule has 1 N–H and O–H groups in total. The van der Waals surface area contributed by atoms with Crippen molar-refractivity contribution in [3.05, 3.63) is 16.1 Å². The molecule has 0 aliphatic carbocycles. The maximum atomic E-state index is 13.0. The molecule has 1 aliphatic rings. The van der Waals surface area contributed by atoms with Crippen molar-refractivity contribution in [3.8, 4) is 0 Å². The summed E-state index contributed by atoms with van der Waals surface area (Å²) in [7, 11) is 1.62. The summed E-state index contributed by atoms with van der Waals surface area (Å²) < 4.78 is 26.0. The summed E-state index contributed by atoms with van der Waals surface area (Å²) in [5.41, 5.74) is 0. The summed E-state index contributed by atoms with van der Waals surface area (Å²) in [5.74, 6) is -3.07. The molecule has 0 aromatic carbocycles. The first-order chi connectivity index (χ1) is 8.37. The number of aryl methyl sites for hydroxylation is 1. The Morgan fingerprint density at radius 1 is 1.60 bits per heavy atom. The number of rotatable bonds is 3. The maximum absolute atomic E-state index is 13.0. The van der Waals surface area contributed by atoms with E-state index in [1.165, 1.54) is 16.2 Å². The molecule has 9 heteroatoms. The van der Waals surface area contributed by atoms with Crippen molar-refractivity contribution in [2.24, 2.45) is 0 Å². The molecular weight excluding hydrogens is 331 g/mol. The Kier molecular flexibility index (Phi) is 7.30. The van der Waals surface area contributed by atoms with E-state index in [1.807, 2.05) is 6.92 Å². The second kappa shape index (κ2) is 7.49. The van der Waals surface area contributed by atoms with Crippen molar-refractivity contribution in [2.75, 3.05) is 13.6 Å². The molecule has 1 unspecified atom stereocenters. The zero-order chi connectivity index (χ0) is 13.3. The third-order valence-electron chi connectivity index (χ3n) is 2.85. The van der Waals surface area contributed by atoms with Gasteiger partial charge in [-0.2, -0.15) is 0 Å². The number of nitrogens with zero attached hydrogens (tertiary/aromatic N) is 2. The molecule has 116 valence electrons. The summed E-state index contributed by atoms with van der Waals surface area (Å²) in [6.07, 6.45) is 1.29. The molecule has 1 aliphatic heterocycles. The van der Waals surface area contributed by atoms with Gasteiger partial charge >= 0.3 is 0 Å². The minimum absolute atomic E-state index is 0. The van der Waals surface area contributed by atoms with Crippen LogP contribution in [0.15, 0.2) is 6.20 Å². The van der Waals surface area contributed by atoms with Crippen molar-refractivity contribution in [3.63, 3.8) is 0 Å². The third-order valence-corrected chi connectivity index (χ3v) is 3.74. The fourth-order valence-electron chi connectivity index (χ4n) is 1.95. The van der Waals surface area contributed by atoms with Gasteiger partial charge in [0.25, 0.3) is 5.92 Å². The van der Waals surface area contributed by atoms with Crippen molar-refractivity contribution < 1.29 is 13.6 Å². The second-order valence-electron chi connectivity index (χ2n) is 4.53. The van der Waals surface area contributed by atoms with Gasteiger partial charge in [-0.25, -0.2) is 13.8 Å². The number of carbonyl (C=O) groups excluding carboxylic acids is 1. The predicted octanol–water partition coefficient (Wildman–Crippen LogP) is 2.25. The smallest absolute Gasteiger partial charge is 0.262 e. The molecule has 0 spiro atoms. The van der Waals surface area contributed by atoms with Crippen LogP contribution in [-0.2, 0) is 11.3 Å². The van der Waals surface area contributed by atoms with Crippen LogP contribution in [0.2, 0.25) is 0 Å². The lowest BCUT2D eigenvalue weighted by molar-refractivity contribution is -0.132. The number of nitrogens with one attached hydrogen (secondary N) is 1. The number of hydrogen-bond donors (Lipinski definition) is 1. The van der Waals surface area contributed by atoms with Crippen LogP contribution in [-0.4, -0.2) is 41.3 Å². The number of halogens is 4. The van der Waals surface area contributed by atoms with Gasteiger partial charge in [0.2, 0.25) is 5.91 Å². The van der Waals surface area contributed by atoms with E-state index < -0.39 is 24.9 Å². The SMILES string of the molecule is Cc1ncc(CN(C)C(=O)C2CC(F)(F)CN2)s1.Cl.Cl. The van der Waals surface area contributed by atoms with Gasteiger partial charge in [-0.15, -0.1) is 36.2 Å². The number of aromatic nitrogens is 1. The molecule has 1 amide bonds. The molecule has 4 nitrogen and oxygen atoms in total. The lowest BCUT2D eigenvalue weighted by atomic mass is 10.1. The Labute approximate surface area is 132 Å². The Hall–Kier alpha value is -0.500. The molecule has 1 saturated heterocycles. The molecule has 0 saturated carbocycles. The number of carbonyl (C=O) groups is 1. The largest absolute Gasteiger partial charge is 0.339 e. The lowest BCUT2D eigenvalue weighted by Gasteiger charge is -2.20. The molecule has 1 aromatic rings. The van der Waals surface area contributed by atoms with E-state index in [0.717, 1.165) is 9.88 Å². The maximum Gasteiger partial charge on any atom is 0.262 e. The summed E-state index contributed by atoms with van der Waals surface area (Å²) in [6.45, 7) is 1.88. The second-order valence-corrected chi connectivity index (χ2v) is 5.85. The predicted molar refractivity (Wildman–Crippen MR) is 79.2 cm³/mol. The fourth-order valence-corrected chi connectivity index (χ4v) is 2.79. The molecule has 1 atom stereocenters. The zero-order valence-corrected chi connectivity index (χ0v) is 13.5. The summed E-state index contributed by atoms with van der Waals surface area (Å²) in [5, 5.41) is 3.49. The van der Waals surface area contributed by atoms with Crippen LogP contribution in [0.3, 0.4) is 0 Å². The average molecular weight is 348 g/mol. The van der Waals surface area contributed by atoms with E-state index in [-0.39, 0.29) is 30.7 Å². The highest BCUT2D eigenvalue weighted by Gasteiger charge is 2.43. The quantitative estimate of drug-likeness (QED) is 0.911. The van der Waals surface area contributed by atoms with Crippen LogP contribution in [0.25, 0.3) is 0 Å². The van der Waals surface area contributed by atoms with Crippen molar-refractivity contribution in [1.29, 1.82) is 0 Å². The number of amides is 1. The molecule has 1 aromatic heterocycles. The number of alkyl halides is 2. The lowest BCUT2D eigenvalue weighted by Crippen LogP contribution is -2.41. The van der Waals surface area contributed by atoms with Crippen molar-refractivity contribution in [1.82, 2.24) is 15.2 Å². The number of thiazole rings is 1. The summed E-state index contributed by atoms with van der Waals surface area (Å²) in [6, 6.07) is -0.779. The Balaban J connectivity index is 0.00000180. The fraction of sp³-hybridized carbons (Fsp3) is 0.636. The molecular formula is C11H17Cl2F2N3OS. The van der Waals surface area contributed by atoms with Gasteiger partial charge in [0.1, 0.15) is 0 Å². The molecule has 2 heterocycles. The molecule has 0 radical (unpaired) electrons. The van der Waals surface area contributed by atoms with Gasteiger partial charge in [-0.3, -0.25) is 10.1 Å². The van der Waals surface area contributed by atoms with Gasteiger partial charge in [0.15, 0.2) is 0 Å². The molecule has 1 fully saturated rings. The first kappa shape index (κ1) is 19.5. The van der Waals surface area contributed by atoms with Crippen molar-refractivity contribution >= 4 is 42.1 Å². The normalized spacial score (nSPS) is 19.9. The van der Waals surface area contributed by atoms with E-state index in [1.54, 1.807) is 13.2 Å². The Morgan fingerprint density at radius 3 is 2.70 bits per heavy atom. The van der Waals surface area contributed by atoms with Gasteiger partial charge < -0.3 is 4.90 Å². The molecule has 20 heavy (non-hydrogen) atoms. The monoisotopic (exact) mass is 347 g/mol. The van der Waals surface area contributed by atoms with E-state index >= 15 is 0 Å². The Bertz CT molecular complexity index is 459. The third kappa shape index (κ3) is 4.80. The molecule has 0 bridgehead atoms. The highest BCUT2D eigenvalue weighted by Crippen LogP contribution is 2.26. The first-order valence-electron chi connectivity index (χ1n) is 5.65. The number of likely N-dealkylation sites (N-methyl/N-ethyl adjacent to an activating group) is 1. The van der Waals surface area contributed by atoms with Crippen LogP contribution in [0.4, 0.5) is 8.78 Å². The van der Waals surface area contributed by atoms with E-state index in [0.29, 0.717) is 6.54 Å². The van der Waals surface area contributed by atoms with E-state index in [4.69, 9.17) is 0 Å². The minimum atomic E-state index is -2.78. The topological polar surface area (TPSA) is 45.2 Å². The minimum Gasteiger partial charge on any atom is -0.339 e. The van der Waals surface area contributed by atoms with Crippen LogP contribution >= 0.6 is 36.2 Å². The van der Waals surface area contributed by atoms with Crippen LogP contribution < -0.4 is 5.32 Å². The zero-order valence-electron chi connectivity index (χ0n) is 11.1. The number of hydrogen-bond acceptors (Lipinski definition) is 4. The van der Waals surface area contributed by atoms with E-state index in [2.05, 4.69) is 10.3 Å². The highest BCUT2D eigenvalue weighted by molar-refractivity contribution is 7.11. The van der Waals surface area contributed by atoms with Gasteiger partial charge in [-0.1, -0.05) is 0 Å². The standard InChI is InChI=1S/C11H15F2N3OS.2ClH/c1-7-14-4-8(18-7)5-16(2)10(17)9-3-11(12,13)6-15-9;;/h4,9,15H,3,5-6H2,1-2H3;2*1H. The first-order valence-corrected chi connectivity index (χ1v) is 6.46. The van der Waals surface area contributed by atoms with Crippen LogP contribution in [0.1, 0.15) is 16.3 Å². The average Bonchev–Trinajstić information content (AvgIpc) is 2.83. The van der Waals surface area contributed by atoms with Gasteiger partial charge in [-0.05, 0) is 6.92 Å². The Morgan fingerprint density at radius 2 is 2.25 bits per heavy atom. The summed E-state index contributed by atoms with van der Waals surface area (Å²) in [4.78, 5) is 18.5. The molecule has 2 rings (SSSR count). The van der Waals surface area contributed by atoms with Crippen LogP contribution in [0, 0.1) is 6.92 Å². The van der Waals surface area contributed by atoms with E-state index in [9.17, 15) is 13.6 Å². The van der Waals surface area contributed by atoms with Crippen LogP contribution in [0.5, 0.6) is 0 Å².